The monoisotopic (exact) mass is 306 g/mol. The van der Waals surface area contributed by atoms with E-state index in [1.807, 2.05) is 24.4 Å². The Balaban J connectivity index is 1.60. The molecule has 1 saturated carbocycles. The lowest BCUT2D eigenvalue weighted by atomic mass is 9.92. The van der Waals surface area contributed by atoms with Crippen LogP contribution in [0, 0.1) is 4.91 Å². The number of rotatable bonds is 2. The number of benzene rings is 2. The number of methoxy groups -OCH3 is 1. The highest BCUT2D eigenvalue weighted by molar-refractivity contribution is 5.79. The number of ether oxygens (including phenoxy) is 1. The van der Waals surface area contributed by atoms with Crippen LogP contribution in [0.15, 0.2) is 42.6 Å². The summed E-state index contributed by atoms with van der Waals surface area (Å²) in [5, 5.41) is 8.22. The van der Waals surface area contributed by atoms with E-state index in [0.717, 1.165) is 39.1 Å². The first kappa shape index (κ1) is 12.8. The zero-order valence-corrected chi connectivity index (χ0v) is 12.7. The highest BCUT2D eigenvalue weighted by Crippen LogP contribution is 2.65. The van der Waals surface area contributed by atoms with Crippen molar-refractivity contribution in [3.63, 3.8) is 0 Å². The minimum Gasteiger partial charge on any atom is -0.497 e. The third-order valence-corrected chi connectivity index (χ3v) is 5.38. The summed E-state index contributed by atoms with van der Waals surface area (Å²) in [6, 6.07) is 12.2. The third-order valence-electron chi connectivity index (χ3n) is 5.38. The van der Waals surface area contributed by atoms with Crippen molar-refractivity contribution in [2.45, 2.75) is 17.8 Å². The van der Waals surface area contributed by atoms with Crippen molar-refractivity contribution in [2.24, 2.45) is 0 Å². The summed E-state index contributed by atoms with van der Waals surface area (Å²) >= 11 is 0. The standard InChI is InChI=1S/C18H16N3O2/c1-23-13-4-5-17-14(7-13)18(10-21(17)22)8-15(18)11-2-3-12-9-19-20-16(12)6-11/h2-7,9,15H,8,10H2,1H3,(H,19,20)/q+1/t15-,18-/m0/s1. The Hall–Kier alpha value is -2.69. The van der Waals surface area contributed by atoms with Gasteiger partial charge in [0, 0.05) is 32.6 Å². The minimum absolute atomic E-state index is 0.0701. The van der Waals surface area contributed by atoms with E-state index >= 15 is 0 Å². The van der Waals surface area contributed by atoms with Crippen LogP contribution in [-0.2, 0) is 5.41 Å². The molecule has 2 heterocycles. The van der Waals surface area contributed by atoms with Gasteiger partial charge in [-0.15, -0.1) is 0 Å². The lowest BCUT2D eigenvalue weighted by Gasteiger charge is -2.07. The van der Waals surface area contributed by atoms with Gasteiger partial charge in [0.2, 0.25) is 6.54 Å². The van der Waals surface area contributed by atoms with Crippen LogP contribution < -0.4 is 4.74 Å². The fourth-order valence-corrected chi connectivity index (χ4v) is 4.07. The number of hydrogen-bond donors (Lipinski definition) is 1. The Morgan fingerprint density at radius 1 is 1.30 bits per heavy atom. The molecular weight excluding hydrogens is 290 g/mol. The van der Waals surface area contributed by atoms with Crippen LogP contribution in [0.1, 0.15) is 23.5 Å². The van der Waals surface area contributed by atoms with Gasteiger partial charge in [-0.2, -0.15) is 5.10 Å². The van der Waals surface area contributed by atoms with Gasteiger partial charge >= 0.3 is 0 Å². The van der Waals surface area contributed by atoms with Gasteiger partial charge < -0.3 is 4.74 Å². The van der Waals surface area contributed by atoms with Crippen molar-refractivity contribution in [2.75, 3.05) is 13.7 Å². The number of hydrogen-bond acceptors (Lipinski definition) is 3. The van der Waals surface area contributed by atoms with Gasteiger partial charge in [0.1, 0.15) is 5.75 Å². The van der Waals surface area contributed by atoms with Gasteiger partial charge in [0.25, 0.3) is 5.69 Å². The second kappa shape index (κ2) is 4.19. The van der Waals surface area contributed by atoms with Crippen molar-refractivity contribution < 1.29 is 9.50 Å². The second-order valence-corrected chi connectivity index (χ2v) is 6.55. The number of fused-ring (bicyclic) bond motifs is 3. The molecule has 5 heteroatoms. The molecule has 0 amide bonds. The van der Waals surface area contributed by atoms with E-state index in [1.54, 1.807) is 7.11 Å². The average molecular weight is 306 g/mol. The summed E-state index contributed by atoms with van der Waals surface area (Å²) in [5.41, 5.74) is 4.16. The topological polar surface area (TPSA) is 58.0 Å². The quantitative estimate of drug-likeness (QED) is 0.738. The zero-order chi connectivity index (χ0) is 15.6. The van der Waals surface area contributed by atoms with Crippen molar-refractivity contribution in [1.82, 2.24) is 10.2 Å². The average Bonchev–Trinajstić information content (AvgIpc) is 2.98. The Morgan fingerprint density at radius 3 is 3.09 bits per heavy atom. The lowest BCUT2D eigenvalue weighted by molar-refractivity contribution is -0.457. The predicted octanol–water partition coefficient (Wildman–Crippen LogP) is 3.42. The number of aromatic amines is 1. The summed E-state index contributed by atoms with van der Waals surface area (Å²) in [5.74, 6) is 1.19. The number of nitrogens with one attached hydrogen (secondary N) is 1. The number of nitrogens with zero attached hydrogens (tertiary/aromatic N) is 2. The maximum absolute atomic E-state index is 12.3. The molecular formula is C18H16N3O2+. The van der Waals surface area contributed by atoms with Crippen LogP contribution >= 0.6 is 0 Å². The molecule has 0 radical (unpaired) electrons. The molecule has 2 aromatic carbocycles. The van der Waals surface area contributed by atoms with E-state index < -0.39 is 0 Å². The predicted molar refractivity (Wildman–Crippen MR) is 86.3 cm³/mol. The Labute approximate surface area is 132 Å². The highest BCUT2D eigenvalue weighted by Gasteiger charge is 2.66. The van der Waals surface area contributed by atoms with Crippen LogP contribution in [0.3, 0.4) is 0 Å². The smallest absolute Gasteiger partial charge is 0.260 e. The summed E-state index contributed by atoms with van der Waals surface area (Å²) < 4.78 is 6.48. The minimum atomic E-state index is -0.0701. The van der Waals surface area contributed by atoms with Gasteiger partial charge in [-0.05, 0) is 30.2 Å². The summed E-state index contributed by atoms with van der Waals surface area (Å²) in [6.45, 7) is 0.529. The first-order chi connectivity index (χ1) is 11.2. The van der Waals surface area contributed by atoms with Gasteiger partial charge in [-0.1, -0.05) is 12.1 Å². The SMILES string of the molecule is COc1ccc2c(c1)[C@]1(C[C@H]1c1ccc3cn[nH]c3c1)C[N+]2=O. The molecule has 1 aliphatic heterocycles. The van der Waals surface area contributed by atoms with Gasteiger partial charge in [0.05, 0.1) is 24.2 Å². The second-order valence-electron chi connectivity index (χ2n) is 6.55. The van der Waals surface area contributed by atoms with Crippen LogP contribution in [0.25, 0.3) is 10.9 Å². The maximum Gasteiger partial charge on any atom is 0.260 e. The molecule has 0 saturated heterocycles. The van der Waals surface area contributed by atoms with E-state index in [0.29, 0.717) is 12.5 Å². The van der Waals surface area contributed by atoms with Crippen LogP contribution in [0.2, 0.25) is 0 Å². The maximum atomic E-state index is 12.3. The molecule has 1 aliphatic carbocycles. The molecule has 5 nitrogen and oxygen atoms in total. The van der Waals surface area contributed by atoms with Crippen LogP contribution in [-0.4, -0.2) is 28.6 Å². The molecule has 0 bridgehead atoms. The number of aromatic nitrogens is 2. The molecule has 5 rings (SSSR count). The highest BCUT2D eigenvalue weighted by atomic mass is 16.5. The molecule has 3 aromatic rings. The van der Waals surface area contributed by atoms with Crippen molar-refractivity contribution in [1.29, 1.82) is 0 Å². The summed E-state index contributed by atoms with van der Waals surface area (Å²) in [7, 11) is 1.66. The third kappa shape index (κ3) is 1.64. The number of nitroso groups, excluding NO2 is 1. The Kier molecular flexibility index (Phi) is 2.33. The van der Waals surface area contributed by atoms with Crippen LogP contribution in [0.5, 0.6) is 5.75 Å². The largest absolute Gasteiger partial charge is 0.497 e. The molecule has 2 aliphatic rings. The first-order valence-electron chi connectivity index (χ1n) is 7.77. The van der Waals surface area contributed by atoms with Gasteiger partial charge in [-0.25, -0.2) is 0 Å². The van der Waals surface area contributed by atoms with E-state index in [4.69, 9.17) is 4.74 Å². The summed E-state index contributed by atoms with van der Waals surface area (Å²) in [6.07, 6.45) is 2.84. The van der Waals surface area contributed by atoms with E-state index in [1.165, 1.54) is 5.56 Å². The molecule has 1 aromatic heterocycles. The molecule has 1 fully saturated rings. The molecule has 23 heavy (non-hydrogen) atoms. The molecule has 0 unspecified atom stereocenters. The molecule has 2 atom stereocenters. The fraction of sp³-hybridized carbons (Fsp3) is 0.278. The Bertz CT molecular complexity index is 962. The first-order valence-corrected chi connectivity index (χ1v) is 7.77. The molecule has 1 spiro atoms. The van der Waals surface area contributed by atoms with E-state index in [-0.39, 0.29) is 5.41 Å². The van der Waals surface area contributed by atoms with Crippen molar-refractivity contribution in [3.05, 3.63) is 58.6 Å². The lowest BCUT2D eigenvalue weighted by Crippen LogP contribution is -2.12. The fourth-order valence-electron chi connectivity index (χ4n) is 4.07. The van der Waals surface area contributed by atoms with Crippen LogP contribution in [0.4, 0.5) is 5.69 Å². The summed E-state index contributed by atoms with van der Waals surface area (Å²) in [4.78, 5) is 12.3. The van der Waals surface area contributed by atoms with E-state index in [9.17, 15) is 4.91 Å². The van der Waals surface area contributed by atoms with Gasteiger partial charge in [0.15, 0.2) is 0 Å². The van der Waals surface area contributed by atoms with Crippen molar-refractivity contribution >= 4 is 16.6 Å². The Morgan fingerprint density at radius 2 is 2.22 bits per heavy atom. The normalized spacial score (nSPS) is 25.1. The molecule has 1 N–H and O–H groups in total. The van der Waals surface area contributed by atoms with Gasteiger partial charge in [-0.3, -0.25) is 5.10 Å². The zero-order valence-electron chi connectivity index (χ0n) is 12.7. The molecule has 114 valence electrons. The number of H-pyrrole nitrogens is 1. The van der Waals surface area contributed by atoms with Crippen molar-refractivity contribution in [3.8, 4) is 5.75 Å². The van der Waals surface area contributed by atoms with E-state index in [2.05, 4.69) is 28.4 Å².